The summed E-state index contributed by atoms with van der Waals surface area (Å²) in [4.78, 5) is 24.2. The minimum Gasteiger partial charge on any atom is -0.453 e. The molecule has 3 aliphatic rings. The molecule has 1 aliphatic carbocycles. The molecule has 0 saturated heterocycles. The van der Waals surface area contributed by atoms with Crippen LogP contribution in [0, 0.1) is 26.9 Å². The van der Waals surface area contributed by atoms with Crippen LogP contribution in [0.15, 0.2) is 34.9 Å². The summed E-state index contributed by atoms with van der Waals surface area (Å²) in [5, 5.41) is 21.5. The van der Waals surface area contributed by atoms with E-state index >= 15 is 0 Å². The molecule has 1 aromatic carbocycles. The Hall–Kier alpha value is -3.54. The lowest BCUT2D eigenvalue weighted by atomic mass is 9.70. The van der Waals surface area contributed by atoms with Gasteiger partial charge >= 0.3 is 5.69 Å². The molecule has 0 fully saturated rings. The molecule has 0 amide bonds. The molecule has 2 heterocycles. The van der Waals surface area contributed by atoms with E-state index in [2.05, 4.69) is 0 Å². The van der Waals surface area contributed by atoms with Crippen molar-refractivity contribution in [1.82, 2.24) is 0 Å². The monoisotopic (exact) mass is 383 g/mol. The van der Waals surface area contributed by atoms with Gasteiger partial charge in [0.05, 0.1) is 10.8 Å². The van der Waals surface area contributed by atoms with E-state index in [9.17, 15) is 20.2 Å². The molecule has 144 valence electrons. The largest absolute Gasteiger partial charge is 0.453 e. The van der Waals surface area contributed by atoms with Crippen LogP contribution in [-0.4, -0.2) is 17.5 Å². The van der Waals surface area contributed by atoms with E-state index < -0.39 is 10.8 Å². The Labute approximate surface area is 160 Å². The van der Waals surface area contributed by atoms with Gasteiger partial charge in [0.25, 0.3) is 0 Å². The quantitative estimate of drug-likeness (QED) is 0.608. The second-order valence-corrected chi connectivity index (χ2v) is 7.70. The highest BCUT2D eigenvalue weighted by atomic mass is 16.7. The number of carbonyl (C=O) groups excluding carboxylic acids is 1. The van der Waals surface area contributed by atoms with Crippen LogP contribution in [-0.2, 0) is 9.53 Å². The van der Waals surface area contributed by atoms with Crippen molar-refractivity contribution >= 4 is 11.5 Å². The number of allylic oxidation sites excluding steroid dienone is 3. The molecule has 2 aliphatic heterocycles. The summed E-state index contributed by atoms with van der Waals surface area (Å²) in [5.41, 5.74) is 5.64. The van der Waals surface area contributed by atoms with Crippen molar-refractivity contribution < 1.29 is 23.9 Å². The summed E-state index contributed by atoms with van der Waals surface area (Å²) >= 11 is 0. The Morgan fingerprint density at radius 1 is 1.32 bits per heavy atom. The predicted molar refractivity (Wildman–Crippen MR) is 94.9 cm³/mol. The number of nitro groups is 1. The van der Waals surface area contributed by atoms with Crippen LogP contribution >= 0.6 is 0 Å². The average Bonchev–Trinajstić information content (AvgIpc) is 3.06. The van der Waals surface area contributed by atoms with Crippen LogP contribution in [0.5, 0.6) is 11.5 Å². The number of ketones is 1. The van der Waals surface area contributed by atoms with Crippen molar-refractivity contribution in [1.29, 1.82) is 5.26 Å². The Bertz CT molecular complexity index is 1030. The van der Waals surface area contributed by atoms with E-state index in [-0.39, 0.29) is 64.2 Å². The number of fused-ring (bicyclic) bond motifs is 1. The van der Waals surface area contributed by atoms with Crippen LogP contribution in [0.1, 0.15) is 38.2 Å². The number of carbonyl (C=O) groups is 1. The molecular formula is C19H17N3O6. The van der Waals surface area contributed by atoms with Gasteiger partial charge in [-0.15, -0.1) is 0 Å². The number of ether oxygens (including phenoxy) is 3. The zero-order valence-electron chi connectivity index (χ0n) is 15.3. The number of nitrogens with two attached hydrogens (primary N) is 1. The van der Waals surface area contributed by atoms with Gasteiger partial charge in [-0.3, -0.25) is 14.9 Å². The summed E-state index contributed by atoms with van der Waals surface area (Å²) in [6.45, 7) is 3.71. The van der Waals surface area contributed by atoms with Crippen LogP contribution in [0.4, 0.5) is 5.69 Å². The van der Waals surface area contributed by atoms with Gasteiger partial charge in [-0.1, -0.05) is 13.8 Å². The number of Topliss-reactive ketones (excluding diaryl/α,β-unsaturated/α-hetero) is 1. The maximum absolute atomic E-state index is 13.0. The number of nitrogens with zero attached hydrogens (tertiary/aromatic N) is 2. The highest BCUT2D eigenvalue weighted by Gasteiger charge is 2.46. The predicted octanol–water partition coefficient (Wildman–Crippen LogP) is 2.77. The van der Waals surface area contributed by atoms with Crippen molar-refractivity contribution in [3.63, 3.8) is 0 Å². The summed E-state index contributed by atoms with van der Waals surface area (Å²) in [7, 11) is 0. The van der Waals surface area contributed by atoms with Gasteiger partial charge < -0.3 is 19.9 Å². The molecule has 2 N–H and O–H groups in total. The lowest BCUT2D eigenvalue weighted by molar-refractivity contribution is -0.386. The lowest BCUT2D eigenvalue weighted by Gasteiger charge is -2.37. The van der Waals surface area contributed by atoms with Crippen LogP contribution in [0.2, 0.25) is 0 Å². The van der Waals surface area contributed by atoms with Gasteiger partial charge in [0, 0.05) is 24.0 Å². The summed E-state index contributed by atoms with van der Waals surface area (Å²) in [6, 6.07) is 4.97. The smallest absolute Gasteiger partial charge is 0.319 e. The topological polar surface area (TPSA) is 138 Å². The number of hydrogen-bond donors (Lipinski definition) is 1. The van der Waals surface area contributed by atoms with Crippen molar-refractivity contribution in [2.45, 2.75) is 32.6 Å². The molecular weight excluding hydrogens is 366 g/mol. The van der Waals surface area contributed by atoms with Crippen molar-refractivity contribution in [2.24, 2.45) is 11.1 Å². The molecule has 0 aromatic heterocycles. The molecule has 4 rings (SSSR count). The minimum atomic E-state index is -0.993. The fourth-order valence-electron chi connectivity index (χ4n) is 3.99. The molecule has 28 heavy (non-hydrogen) atoms. The highest BCUT2D eigenvalue weighted by Crippen LogP contribution is 2.52. The first-order valence-electron chi connectivity index (χ1n) is 8.64. The van der Waals surface area contributed by atoms with E-state index in [1.54, 1.807) is 0 Å². The minimum absolute atomic E-state index is 0.0180. The first-order valence-corrected chi connectivity index (χ1v) is 8.64. The highest BCUT2D eigenvalue weighted by molar-refractivity contribution is 6.00. The van der Waals surface area contributed by atoms with Crippen LogP contribution < -0.4 is 15.2 Å². The van der Waals surface area contributed by atoms with Crippen molar-refractivity contribution in [3.05, 3.63) is 50.6 Å². The molecule has 0 radical (unpaired) electrons. The van der Waals surface area contributed by atoms with E-state index in [0.29, 0.717) is 12.2 Å². The van der Waals surface area contributed by atoms with E-state index in [4.69, 9.17) is 19.9 Å². The van der Waals surface area contributed by atoms with Crippen molar-refractivity contribution in [3.8, 4) is 17.6 Å². The number of nitro benzene ring substituents is 1. The zero-order chi connectivity index (χ0) is 20.2. The second-order valence-electron chi connectivity index (χ2n) is 7.70. The zero-order valence-corrected chi connectivity index (χ0v) is 15.3. The first-order chi connectivity index (χ1) is 13.2. The third-order valence-electron chi connectivity index (χ3n) is 5.11. The van der Waals surface area contributed by atoms with Gasteiger partial charge in [-0.05, 0) is 17.5 Å². The van der Waals surface area contributed by atoms with E-state index in [0.717, 1.165) is 0 Å². The third-order valence-corrected chi connectivity index (χ3v) is 5.11. The Morgan fingerprint density at radius 3 is 2.75 bits per heavy atom. The molecule has 9 heteroatoms. The number of benzene rings is 1. The van der Waals surface area contributed by atoms with Gasteiger partial charge in [-0.25, -0.2) is 0 Å². The Morgan fingerprint density at radius 2 is 2.07 bits per heavy atom. The SMILES string of the molecule is CC1(C)CC(=O)C2=C(C1)OC(N)=C(C#N)[C@H]2c1ccc2c(c1[N+](=O)[O-])OCO2. The normalized spacial score (nSPS) is 22.5. The maximum atomic E-state index is 13.0. The molecule has 0 unspecified atom stereocenters. The number of hydrogen-bond acceptors (Lipinski definition) is 8. The number of rotatable bonds is 2. The van der Waals surface area contributed by atoms with E-state index in [1.807, 2.05) is 19.9 Å². The van der Waals surface area contributed by atoms with Gasteiger partial charge in [-0.2, -0.15) is 5.26 Å². The Kier molecular flexibility index (Phi) is 3.82. The average molecular weight is 383 g/mol. The summed E-state index contributed by atoms with van der Waals surface area (Å²) < 4.78 is 16.1. The van der Waals surface area contributed by atoms with Crippen molar-refractivity contribution in [2.75, 3.05) is 6.79 Å². The first kappa shape index (κ1) is 17.9. The van der Waals surface area contributed by atoms with Gasteiger partial charge in [0.15, 0.2) is 11.5 Å². The summed E-state index contributed by atoms with van der Waals surface area (Å²) in [6.07, 6.45) is 0.672. The van der Waals surface area contributed by atoms with Crippen LogP contribution in [0.3, 0.4) is 0 Å². The molecule has 1 aromatic rings. The fraction of sp³-hybridized carbons (Fsp3) is 0.368. The molecule has 0 saturated carbocycles. The van der Waals surface area contributed by atoms with E-state index in [1.165, 1.54) is 12.1 Å². The third kappa shape index (κ3) is 2.57. The number of nitriles is 1. The maximum Gasteiger partial charge on any atom is 0.319 e. The van der Waals surface area contributed by atoms with Crippen LogP contribution in [0.25, 0.3) is 0 Å². The summed E-state index contributed by atoms with van der Waals surface area (Å²) in [5.74, 6) is -0.784. The molecule has 0 bridgehead atoms. The molecule has 0 spiro atoms. The van der Waals surface area contributed by atoms with Gasteiger partial charge in [0.2, 0.25) is 18.4 Å². The Balaban J connectivity index is 1.98. The lowest BCUT2D eigenvalue weighted by Crippen LogP contribution is -2.33. The molecule has 1 atom stereocenters. The second kappa shape index (κ2) is 5.99. The standard InChI is InChI=1S/C19H17N3O6/c1-19(2)5-11(23)15-13(6-19)28-18(21)10(7-20)14(15)9-3-4-12-17(27-8-26-12)16(9)22(24)25/h3-4,14H,5-6,8,21H2,1-2H3/t14-/m1/s1. The fourth-order valence-corrected chi connectivity index (χ4v) is 3.99. The molecule has 9 nitrogen and oxygen atoms in total. The van der Waals surface area contributed by atoms with Gasteiger partial charge in [0.1, 0.15) is 17.4 Å².